The fourth-order valence-electron chi connectivity index (χ4n) is 2.81. The maximum absolute atomic E-state index is 6.49. The van der Waals surface area contributed by atoms with Crippen LogP contribution in [0.3, 0.4) is 0 Å². The normalized spacial score (nSPS) is 21.5. The highest BCUT2D eigenvalue weighted by Gasteiger charge is 2.37. The number of hydrogen-bond donors (Lipinski definition) is 1. The van der Waals surface area contributed by atoms with E-state index in [4.69, 9.17) is 26.8 Å². The molecule has 1 saturated carbocycles. The summed E-state index contributed by atoms with van der Waals surface area (Å²) in [5, 5.41) is 0.693. The van der Waals surface area contributed by atoms with Crippen LogP contribution in [-0.4, -0.2) is 13.2 Å². The van der Waals surface area contributed by atoms with E-state index < -0.39 is 0 Å². The molecule has 17 heavy (non-hydrogen) atoms. The largest absolute Gasteiger partial charge is 0.486 e. The monoisotopic (exact) mass is 253 g/mol. The summed E-state index contributed by atoms with van der Waals surface area (Å²) in [5.41, 5.74) is 7.08. The van der Waals surface area contributed by atoms with E-state index in [0.29, 0.717) is 18.2 Å². The third kappa shape index (κ3) is 1.78. The van der Waals surface area contributed by atoms with Crippen LogP contribution in [0.4, 0.5) is 0 Å². The highest BCUT2D eigenvalue weighted by Crippen LogP contribution is 2.48. The number of ether oxygens (including phenoxy) is 2. The average Bonchev–Trinajstić information content (AvgIpc) is 2.76. The van der Waals surface area contributed by atoms with Crippen molar-refractivity contribution >= 4 is 11.6 Å². The van der Waals surface area contributed by atoms with Crippen molar-refractivity contribution in [1.82, 2.24) is 0 Å². The number of benzene rings is 1. The summed E-state index contributed by atoms with van der Waals surface area (Å²) in [6.45, 7) is 1.15. The first-order valence-electron chi connectivity index (χ1n) is 6.08. The molecular weight excluding hydrogens is 238 g/mol. The smallest absolute Gasteiger partial charge is 0.167 e. The first-order valence-corrected chi connectivity index (χ1v) is 6.46. The molecule has 4 heteroatoms. The topological polar surface area (TPSA) is 44.5 Å². The minimum absolute atomic E-state index is 0.344. The van der Waals surface area contributed by atoms with Gasteiger partial charge in [0.2, 0.25) is 0 Å². The van der Waals surface area contributed by atoms with Crippen molar-refractivity contribution in [2.45, 2.75) is 31.2 Å². The van der Waals surface area contributed by atoms with E-state index in [1.807, 2.05) is 12.1 Å². The standard InChI is InChI=1S/C13H16ClNO2/c14-9-3-4-10-12(17-8-7-16-10)11(9)13(15)5-1-2-6-13/h3-4H,1-2,5-8,15H2. The molecule has 0 saturated heterocycles. The third-order valence-corrected chi connectivity index (χ3v) is 3.97. The maximum atomic E-state index is 6.49. The van der Waals surface area contributed by atoms with E-state index in [1.54, 1.807) is 0 Å². The molecule has 0 unspecified atom stereocenters. The van der Waals surface area contributed by atoms with Gasteiger partial charge in [-0.05, 0) is 25.0 Å². The zero-order valence-corrected chi connectivity index (χ0v) is 10.4. The Hall–Kier alpha value is -0.930. The number of fused-ring (bicyclic) bond motifs is 1. The zero-order valence-electron chi connectivity index (χ0n) is 9.67. The highest BCUT2D eigenvalue weighted by atomic mass is 35.5. The minimum atomic E-state index is -0.344. The van der Waals surface area contributed by atoms with Crippen LogP contribution in [0.5, 0.6) is 11.5 Å². The van der Waals surface area contributed by atoms with Crippen molar-refractivity contribution in [2.24, 2.45) is 5.73 Å². The molecule has 1 aliphatic heterocycles. The maximum Gasteiger partial charge on any atom is 0.167 e. The van der Waals surface area contributed by atoms with Crippen molar-refractivity contribution in [2.75, 3.05) is 13.2 Å². The molecule has 0 atom stereocenters. The van der Waals surface area contributed by atoms with Crippen LogP contribution in [0.15, 0.2) is 12.1 Å². The predicted molar refractivity (Wildman–Crippen MR) is 66.8 cm³/mol. The van der Waals surface area contributed by atoms with Gasteiger partial charge in [0.1, 0.15) is 13.2 Å². The van der Waals surface area contributed by atoms with Gasteiger partial charge in [-0.1, -0.05) is 24.4 Å². The Morgan fingerprint density at radius 1 is 1.12 bits per heavy atom. The summed E-state index contributed by atoms with van der Waals surface area (Å²) in [6.07, 6.45) is 4.23. The summed E-state index contributed by atoms with van der Waals surface area (Å²) >= 11 is 6.32. The van der Waals surface area contributed by atoms with Gasteiger partial charge in [0.15, 0.2) is 11.5 Å². The minimum Gasteiger partial charge on any atom is -0.486 e. The van der Waals surface area contributed by atoms with Crippen LogP contribution in [0.25, 0.3) is 0 Å². The van der Waals surface area contributed by atoms with Crippen LogP contribution in [-0.2, 0) is 5.54 Å². The summed E-state index contributed by atoms with van der Waals surface area (Å²) in [6, 6.07) is 3.72. The van der Waals surface area contributed by atoms with Crippen LogP contribution >= 0.6 is 11.6 Å². The van der Waals surface area contributed by atoms with E-state index in [9.17, 15) is 0 Å². The van der Waals surface area contributed by atoms with E-state index >= 15 is 0 Å². The first-order chi connectivity index (χ1) is 8.21. The van der Waals surface area contributed by atoms with Crippen molar-refractivity contribution < 1.29 is 9.47 Å². The Bertz CT molecular complexity index is 441. The van der Waals surface area contributed by atoms with Gasteiger partial charge in [0.05, 0.1) is 0 Å². The number of hydrogen-bond acceptors (Lipinski definition) is 3. The predicted octanol–water partition coefficient (Wildman–Crippen LogP) is 2.84. The molecule has 2 aliphatic rings. The second-order valence-corrected chi connectivity index (χ2v) is 5.22. The van der Waals surface area contributed by atoms with Gasteiger partial charge in [-0.25, -0.2) is 0 Å². The number of rotatable bonds is 1. The van der Waals surface area contributed by atoms with Gasteiger partial charge in [-0.15, -0.1) is 0 Å². The molecule has 0 aromatic heterocycles. The molecule has 0 radical (unpaired) electrons. The molecule has 2 N–H and O–H groups in total. The Morgan fingerprint density at radius 2 is 1.82 bits per heavy atom. The number of halogens is 1. The molecule has 1 aliphatic carbocycles. The Kier molecular flexibility index (Phi) is 2.68. The van der Waals surface area contributed by atoms with Crippen LogP contribution in [0.2, 0.25) is 5.02 Å². The third-order valence-electron chi connectivity index (χ3n) is 3.65. The summed E-state index contributed by atoms with van der Waals surface area (Å²) in [5.74, 6) is 1.53. The second-order valence-electron chi connectivity index (χ2n) is 4.81. The molecule has 3 rings (SSSR count). The van der Waals surface area contributed by atoms with Gasteiger partial charge in [0, 0.05) is 16.1 Å². The van der Waals surface area contributed by atoms with Gasteiger partial charge in [-0.3, -0.25) is 0 Å². The SMILES string of the molecule is NC1(c2c(Cl)ccc3c2OCCO3)CCCC1. The molecule has 1 fully saturated rings. The van der Waals surface area contributed by atoms with Gasteiger partial charge < -0.3 is 15.2 Å². The molecule has 0 bridgehead atoms. The lowest BCUT2D eigenvalue weighted by Gasteiger charge is -2.30. The van der Waals surface area contributed by atoms with Crippen LogP contribution in [0, 0.1) is 0 Å². The lowest BCUT2D eigenvalue weighted by Crippen LogP contribution is -2.35. The van der Waals surface area contributed by atoms with E-state index in [2.05, 4.69) is 0 Å². The summed E-state index contributed by atoms with van der Waals surface area (Å²) in [7, 11) is 0. The van der Waals surface area contributed by atoms with E-state index in [0.717, 1.165) is 42.7 Å². The lowest BCUT2D eigenvalue weighted by atomic mass is 9.88. The second kappa shape index (κ2) is 4.07. The highest BCUT2D eigenvalue weighted by molar-refractivity contribution is 6.31. The fourth-order valence-corrected chi connectivity index (χ4v) is 3.15. The van der Waals surface area contributed by atoms with Crippen molar-refractivity contribution in [3.63, 3.8) is 0 Å². The van der Waals surface area contributed by atoms with Gasteiger partial charge in [-0.2, -0.15) is 0 Å². The molecular formula is C13H16ClNO2. The molecule has 92 valence electrons. The first kappa shape index (κ1) is 11.2. The Balaban J connectivity index is 2.14. The fraction of sp³-hybridized carbons (Fsp3) is 0.538. The zero-order chi connectivity index (χ0) is 11.9. The van der Waals surface area contributed by atoms with Gasteiger partial charge >= 0.3 is 0 Å². The van der Waals surface area contributed by atoms with E-state index in [1.165, 1.54) is 0 Å². The van der Waals surface area contributed by atoms with Crippen LogP contribution in [0.1, 0.15) is 31.2 Å². The quantitative estimate of drug-likeness (QED) is 0.837. The summed E-state index contributed by atoms with van der Waals surface area (Å²) in [4.78, 5) is 0. The average molecular weight is 254 g/mol. The Morgan fingerprint density at radius 3 is 2.59 bits per heavy atom. The number of nitrogens with two attached hydrogens (primary N) is 1. The van der Waals surface area contributed by atoms with Gasteiger partial charge in [0.25, 0.3) is 0 Å². The molecule has 1 heterocycles. The molecule has 1 aromatic rings. The Labute approximate surface area is 106 Å². The molecule has 0 amide bonds. The molecule has 0 spiro atoms. The molecule has 1 aromatic carbocycles. The van der Waals surface area contributed by atoms with Crippen molar-refractivity contribution in [1.29, 1.82) is 0 Å². The lowest BCUT2D eigenvalue weighted by molar-refractivity contribution is 0.167. The molecule has 3 nitrogen and oxygen atoms in total. The van der Waals surface area contributed by atoms with Crippen molar-refractivity contribution in [3.05, 3.63) is 22.7 Å². The van der Waals surface area contributed by atoms with E-state index in [-0.39, 0.29) is 5.54 Å². The van der Waals surface area contributed by atoms with Crippen molar-refractivity contribution in [3.8, 4) is 11.5 Å². The van der Waals surface area contributed by atoms with Crippen LogP contribution < -0.4 is 15.2 Å². The summed E-state index contributed by atoms with van der Waals surface area (Å²) < 4.78 is 11.3.